The van der Waals surface area contributed by atoms with Crippen LogP contribution in [0.5, 0.6) is 0 Å². The Balaban J connectivity index is 1.54. The number of nitrogens with one attached hydrogen (secondary N) is 2. The Bertz CT molecular complexity index is 1140. The van der Waals surface area contributed by atoms with Gasteiger partial charge >= 0.3 is 0 Å². The number of amides is 2. The molecule has 30 heavy (non-hydrogen) atoms. The molecule has 152 valence electrons. The van der Waals surface area contributed by atoms with Gasteiger partial charge < -0.3 is 10.2 Å². The lowest BCUT2D eigenvalue weighted by Crippen LogP contribution is -2.35. The number of carbonyl (C=O) groups excluding carboxylic acids is 2. The van der Waals surface area contributed by atoms with Gasteiger partial charge in [-0.1, -0.05) is 32.0 Å². The minimum absolute atomic E-state index is 0.134. The topological polar surface area (TPSA) is 102 Å². The average molecular weight is 420 g/mol. The zero-order chi connectivity index (χ0) is 21.3. The van der Waals surface area contributed by atoms with Crippen molar-refractivity contribution in [3.63, 3.8) is 0 Å². The Hall–Kier alpha value is -3.44. The van der Waals surface area contributed by atoms with E-state index in [1.807, 2.05) is 19.9 Å². The van der Waals surface area contributed by atoms with Crippen LogP contribution in [0.15, 0.2) is 36.4 Å². The molecule has 1 aliphatic heterocycles. The van der Waals surface area contributed by atoms with E-state index in [-0.39, 0.29) is 17.7 Å². The highest BCUT2D eigenvalue weighted by atomic mass is 32.1. The van der Waals surface area contributed by atoms with E-state index < -0.39 is 0 Å². The van der Waals surface area contributed by atoms with Crippen molar-refractivity contribution in [2.45, 2.75) is 32.7 Å². The second kappa shape index (κ2) is 8.13. The van der Waals surface area contributed by atoms with Crippen molar-refractivity contribution in [2.75, 3.05) is 11.9 Å². The number of thiophene rings is 1. The number of carbonyl (C=O) groups is 2. The smallest absolute Gasteiger partial charge is 0.274 e. The number of benzene rings is 1. The van der Waals surface area contributed by atoms with Crippen molar-refractivity contribution >= 4 is 28.2 Å². The molecule has 3 aromatic rings. The highest BCUT2D eigenvalue weighted by molar-refractivity contribution is 7.16. The summed E-state index contributed by atoms with van der Waals surface area (Å²) in [4.78, 5) is 28.1. The number of anilines is 1. The molecule has 2 amide bonds. The first-order valence-electron chi connectivity index (χ1n) is 9.73. The lowest BCUT2D eigenvalue weighted by atomic mass is 10.0. The van der Waals surface area contributed by atoms with Crippen LogP contribution in [0.4, 0.5) is 5.00 Å². The molecule has 0 aliphatic carbocycles. The molecule has 0 fully saturated rings. The van der Waals surface area contributed by atoms with Crippen molar-refractivity contribution in [3.8, 4) is 6.07 Å². The van der Waals surface area contributed by atoms with E-state index in [9.17, 15) is 14.9 Å². The van der Waals surface area contributed by atoms with Gasteiger partial charge in [-0.3, -0.25) is 14.7 Å². The van der Waals surface area contributed by atoms with Crippen LogP contribution in [-0.2, 0) is 13.0 Å². The van der Waals surface area contributed by atoms with E-state index in [4.69, 9.17) is 0 Å². The number of nitrogens with zero attached hydrogens (tertiary/aromatic N) is 3. The molecule has 0 bridgehead atoms. The van der Waals surface area contributed by atoms with Gasteiger partial charge in [-0.2, -0.15) is 10.4 Å². The van der Waals surface area contributed by atoms with Crippen LogP contribution in [0.3, 0.4) is 0 Å². The third-order valence-corrected chi connectivity index (χ3v) is 6.29. The van der Waals surface area contributed by atoms with Crippen LogP contribution >= 0.6 is 11.3 Å². The summed E-state index contributed by atoms with van der Waals surface area (Å²) >= 11 is 1.36. The molecule has 3 heterocycles. The molecule has 4 rings (SSSR count). The molecule has 0 saturated heterocycles. The molecule has 1 aliphatic rings. The van der Waals surface area contributed by atoms with Crippen LogP contribution < -0.4 is 5.32 Å². The molecule has 0 radical (unpaired) electrons. The Kier molecular flexibility index (Phi) is 5.38. The minimum Gasteiger partial charge on any atom is -0.332 e. The molecule has 2 N–H and O–H groups in total. The van der Waals surface area contributed by atoms with E-state index in [1.165, 1.54) is 11.3 Å². The van der Waals surface area contributed by atoms with Gasteiger partial charge in [-0.15, -0.1) is 11.3 Å². The average Bonchev–Trinajstić information content (AvgIpc) is 3.38. The van der Waals surface area contributed by atoms with Crippen LogP contribution in [0, 0.1) is 11.3 Å². The first-order chi connectivity index (χ1) is 14.5. The van der Waals surface area contributed by atoms with Gasteiger partial charge in [0.1, 0.15) is 16.8 Å². The maximum Gasteiger partial charge on any atom is 0.274 e. The zero-order valence-electron chi connectivity index (χ0n) is 16.7. The third kappa shape index (κ3) is 3.72. The molecule has 0 spiro atoms. The van der Waals surface area contributed by atoms with Crippen molar-refractivity contribution in [3.05, 3.63) is 69.4 Å². The fourth-order valence-electron chi connectivity index (χ4n) is 3.45. The van der Waals surface area contributed by atoms with Crippen molar-refractivity contribution in [1.82, 2.24) is 15.1 Å². The number of fused-ring (bicyclic) bond motifs is 1. The summed E-state index contributed by atoms with van der Waals surface area (Å²) in [6, 6.07) is 12.9. The Morgan fingerprint density at radius 1 is 1.30 bits per heavy atom. The van der Waals surface area contributed by atoms with Crippen molar-refractivity contribution in [2.24, 2.45) is 0 Å². The van der Waals surface area contributed by atoms with Crippen LogP contribution in [0.2, 0.25) is 0 Å². The second-order valence-electron chi connectivity index (χ2n) is 7.48. The fraction of sp³-hybridized carbons (Fsp3) is 0.273. The summed E-state index contributed by atoms with van der Waals surface area (Å²) in [7, 11) is 0. The van der Waals surface area contributed by atoms with E-state index in [0.717, 1.165) is 16.1 Å². The summed E-state index contributed by atoms with van der Waals surface area (Å²) < 4.78 is 0. The minimum atomic E-state index is -0.253. The quantitative estimate of drug-likeness (QED) is 0.669. The van der Waals surface area contributed by atoms with E-state index >= 15 is 0 Å². The molecule has 8 heteroatoms. The predicted molar refractivity (Wildman–Crippen MR) is 115 cm³/mol. The molecular weight excluding hydrogens is 398 g/mol. The molecule has 2 aromatic heterocycles. The van der Waals surface area contributed by atoms with Crippen molar-refractivity contribution < 1.29 is 9.59 Å². The summed E-state index contributed by atoms with van der Waals surface area (Å²) in [5.41, 5.74) is 3.26. The Morgan fingerprint density at radius 2 is 2.07 bits per heavy atom. The number of aromatic nitrogens is 2. The molecular formula is C22H21N5O2S. The van der Waals surface area contributed by atoms with Crippen molar-refractivity contribution in [1.29, 1.82) is 5.26 Å². The van der Waals surface area contributed by atoms with Gasteiger partial charge in [0.05, 0.1) is 12.1 Å². The van der Waals surface area contributed by atoms with Gasteiger partial charge in [0.25, 0.3) is 11.8 Å². The van der Waals surface area contributed by atoms with Gasteiger partial charge in [0.2, 0.25) is 0 Å². The largest absolute Gasteiger partial charge is 0.332 e. The maximum absolute atomic E-state index is 12.9. The van der Waals surface area contributed by atoms with E-state index in [2.05, 4.69) is 21.6 Å². The van der Waals surface area contributed by atoms with Gasteiger partial charge in [0, 0.05) is 22.7 Å². The number of nitriles is 1. The highest BCUT2D eigenvalue weighted by Crippen LogP contribution is 2.37. The van der Waals surface area contributed by atoms with Crippen LogP contribution in [0.1, 0.15) is 62.3 Å². The summed E-state index contributed by atoms with van der Waals surface area (Å²) in [5.74, 6) is -0.125. The monoisotopic (exact) mass is 419 g/mol. The predicted octanol–water partition coefficient (Wildman–Crippen LogP) is 3.92. The number of aromatic amines is 1. The lowest BCUT2D eigenvalue weighted by molar-refractivity contribution is 0.0731. The molecule has 0 unspecified atom stereocenters. The normalized spacial score (nSPS) is 13.1. The molecule has 1 aromatic carbocycles. The summed E-state index contributed by atoms with van der Waals surface area (Å²) in [6.45, 7) is 4.98. The lowest BCUT2D eigenvalue weighted by Gasteiger charge is -2.26. The highest BCUT2D eigenvalue weighted by Gasteiger charge is 2.29. The first kappa shape index (κ1) is 19.9. The number of H-pyrrole nitrogens is 1. The number of rotatable bonds is 4. The first-order valence-corrected chi connectivity index (χ1v) is 10.5. The van der Waals surface area contributed by atoms with Gasteiger partial charge in [0.15, 0.2) is 0 Å². The SMILES string of the molecule is CC(C)c1cc(C(=O)N2CCc3c(sc(NC(=O)c4ccccc4)c3C#N)C2)n[nH]1. The van der Waals surface area contributed by atoms with Crippen LogP contribution in [-0.4, -0.2) is 33.5 Å². The van der Waals surface area contributed by atoms with Crippen LogP contribution in [0.25, 0.3) is 0 Å². The molecule has 0 atom stereocenters. The molecule has 0 saturated carbocycles. The summed E-state index contributed by atoms with van der Waals surface area (Å²) in [5, 5.41) is 20.1. The number of hydrogen-bond acceptors (Lipinski definition) is 5. The fourth-order valence-corrected chi connectivity index (χ4v) is 4.66. The zero-order valence-corrected chi connectivity index (χ0v) is 17.5. The van der Waals surface area contributed by atoms with E-state index in [0.29, 0.717) is 41.3 Å². The molecule has 7 nitrogen and oxygen atoms in total. The second-order valence-corrected chi connectivity index (χ2v) is 8.58. The standard InChI is InChI=1S/C22H21N5O2S/c1-13(2)17-10-18(26-25-17)22(29)27-9-8-15-16(11-23)21(30-19(15)12-27)24-20(28)14-6-4-3-5-7-14/h3-7,10,13H,8-9,12H2,1-2H3,(H,24,28)(H,25,26). The van der Waals surface area contributed by atoms with E-state index in [1.54, 1.807) is 35.2 Å². The maximum atomic E-state index is 12.9. The number of hydrogen-bond donors (Lipinski definition) is 2. The van der Waals surface area contributed by atoms with Gasteiger partial charge in [-0.25, -0.2) is 0 Å². The Morgan fingerprint density at radius 3 is 2.73 bits per heavy atom. The third-order valence-electron chi connectivity index (χ3n) is 5.16. The Labute approximate surface area is 178 Å². The van der Waals surface area contributed by atoms with Gasteiger partial charge in [-0.05, 0) is 36.1 Å². The summed E-state index contributed by atoms with van der Waals surface area (Å²) in [6.07, 6.45) is 0.573.